The number of amides is 4. The van der Waals surface area contributed by atoms with Crippen molar-refractivity contribution in [3.63, 3.8) is 0 Å². The van der Waals surface area contributed by atoms with Crippen LogP contribution in [-0.2, 0) is 31.0 Å². The summed E-state index contributed by atoms with van der Waals surface area (Å²) >= 11 is 7.86. The van der Waals surface area contributed by atoms with E-state index in [0.29, 0.717) is 48.5 Å². The molecule has 7 aromatic rings. The summed E-state index contributed by atoms with van der Waals surface area (Å²) in [5.74, 6) is -1.30. The minimum Gasteiger partial charge on any atom is -0.455 e. The van der Waals surface area contributed by atoms with Gasteiger partial charge in [0.1, 0.15) is 34.9 Å². The quantitative estimate of drug-likeness (QED) is 0.0242. The first kappa shape index (κ1) is 73.5. The van der Waals surface area contributed by atoms with Gasteiger partial charge in [-0.05, 0) is 152 Å². The summed E-state index contributed by atoms with van der Waals surface area (Å²) in [6.45, 7) is 21.0. The number of thiazole rings is 1. The number of nitrogens with one attached hydrogen (secondary N) is 5. The lowest BCUT2D eigenvalue weighted by molar-refractivity contribution is -0.384. The van der Waals surface area contributed by atoms with E-state index in [0.717, 1.165) is 136 Å². The maximum absolute atomic E-state index is 14.3. The highest BCUT2D eigenvalue weighted by molar-refractivity contribution is 7.90. The smallest absolute Gasteiger partial charge is 0.293 e. The van der Waals surface area contributed by atoms with Crippen molar-refractivity contribution in [3.05, 3.63) is 158 Å². The van der Waals surface area contributed by atoms with Crippen LogP contribution in [0.5, 0.6) is 11.5 Å². The predicted octanol–water partition coefficient (Wildman–Crippen LogP) is 11.4. The van der Waals surface area contributed by atoms with Gasteiger partial charge in [-0.15, -0.1) is 11.3 Å². The van der Waals surface area contributed by atoms with Gasteiger partial charge in [0.25, 0.3) is 21.6 Å². The molecule has 0 bridgehead atoms. The minimum atomic E-state index is -4.65. The van der Waals surface area contributed by atoms with Gasteiger partial charge < -0.3 is 45.5 Å². The number of fused-ring (bicyclic) bond motifs is 1. The number of hydrogen-bond donors (Lipinski definition) is 6. The van der Waals surface area contributed by atoms with Crippen molar-refractivity contribution >= 4 is 90.3 Å². The molecule has 0 radical (unpaired) electrons. The first-order chi connectivity index (χ1) is 48.8. The van der Waals surface area contributed by atoms with Crippen molar-refractivity contribution in [2.45, 2.75) is 141 Å². The molecular formula is C76H94ClN13O10S2. The normalized spacial score (nSPS) is 20.5. The number of aliphatic hydroxyl groups excluding tert-OH is 1. The fraction of sp³-hybridized carbons (Fsp3) is 0.474. The molecule has 542 valence electrons. The second-order valence-electron chi connectivity index (χ2n) is 29.9. The van der Waals surface area contributed by atoms with E-state index in [2.05, 4.69) is 81.2 Å². The summed E-state index contributed by atoms with van der Waals surface area (Å²) in [7, 11) is -4.65. The number of aryl methyl sites for hydroxylation is 1. The molecule has 23 nitrogen and oxygen atoms in total. The number of anilines is 2. The van der Waals surface area contributed by atoms with Crippen LogP contribution in [0.1, 0.15) is 126 Å². The summed E-state index contributed by atoms with van der Waals surface area (Å²) in [4.78, 5) is 91.2. The first-order valence-corrected chi connectivity index (χ1v) is 38.3. The van der Waals surface area contributed by atoms with Crippen molar-refractivity contribution in [1.29, 1.82) is 0 Å². The fourth-order valence-electron chi connectivity index (χ4n) is 15.0. The summed E-state index contributed by atoms with van der Waals surface area (Å²) in [5.41, 5.74) is 9.43. The molecule has 3 aromatic heterocycles. The number of pyridine rings is 1. The van der Waals surface area contributed by atoms with Gasteiger partial charge in [-0.3, -0.25) is 39.1 Å². The number of hydrogen-bond acceptors (Lipinski definition) is 18. The molecule has 1 saturated carbocycles. The van der Waals surface area contributed by atoms with E-state index in [1.165, 1.54) is 39.9 Å². The minimum absolute atomic E-state index is 0.00396. The number of carbonyl (C=O) groups is 4. The number of rotatable bonds is 24. The Kier molecular flexibility index (Phi) is 22.9. The van der Waals surface area contributed by atoms with Crippen LogP contribution >= 0.6 is 22.9 Å². The number of halogens is 1. The Morgan fingerprint density at radius 3 is 2.31 bits per heavy atom. The van der Waals surface area contributed by atoms with Crippen LogP contribution in [-0.4, -0.2) is 179 Å². The molecule has 4 amide bonds. The van der Waals surface area contributed by atoms with E-state index in [9.17, 15) is 42.8 Å². The lowest BCUT2D eigenvalue weighted by atomic mass is 9.72. The molecule has 102 heavy (non-hydrogen) atoms. The second kappa shape index (κ2) is 31.7. The lowest BCUT2D eigenvalue weighted by Crippen LogP contribution is -2.57. The summed E-state index contributed by atoms with van der Waals surface area (Å²) < 4.78 is 36.7. The molecule has 5 aliphatic rings. The number of nitrogens with zero attached hydrogens (tertiary/aromatic N) is 8. The Morgan fingerprint density at radius 2 is 1.61 bits per heavy atom. The number of carbonyl (C=O) groups excluding carboxylic acids is 4. The fourth-order valence-corrected chi connectivity index (χ4v) is 16.9. The zero-order chi connectivity index (χ0) is 72.0. The number of allylic oxidation sites excluding steroid dienone is 1. The van der Waals surface area contributed by atoms with Crippen molar-refractivity contribution < 1.29 is 42.4 Å². The molecule has 6 heterocycles. The maximum atomic E-state index is 14.3. The van der Waals surface area contributed by atoms with Gasteiger partial charge in [0.15, 0.2) is 0 Å². The predicted molar refractivity (Wildman–Crippen MR) is 398 cm³/mol. The van der Waals surface area contributed by atoms with Crippen LogP contribution in [0.4, 0.5) is 17.1 Å². The second-order valence-corrected chi connectivity index (χ2v) is 32.9. The molecule has 3 saturated heterocycles. The number of piperazine rings is 2. The Labute approximate surface area is 606 Å². The van der Waals surface area contributed by atoms with E-state index in [1.807, 2.05) is 75.7 Å². The maximum Gasteiger partial charge on any atom is 0.293 e. The SMILES string of the molecule is Cc1ncsc1-c1ccc(CNC(=O)[C@@H]2C[C@@H](O)CN2C(=O)[C@@H](NC(=O)CCCN2CCN(C3CCC(CNc4ccc(S(=O)(=O)NC(=O)c5ccc(N6CCN(CC7=C(c8ccc(Cl)cc8)CC(C)(C)CC7)CC6)cc5Oc5cnc6[nH]ccc6c5)cc4[N+](=O)[O-])CC3)CC2)C(C)(C)C)cc1. The number of sulfonamides is 1. The number of nitro groups is 1. The van der Waals surface area contributed by atoms with Crippen LogP contribution in [0.3, 0.4) is 0 Å². The van der Waals surface area contributed by atoms with Gasteiger partial charge >= 0.3 is 0 Å². The molecule has 26 heteroatoms. The van der Waals surface area contributed by atoms with Crippen LogP contribution in [0.15, 0.2) is 125 Å². The van der Waals surface area contributed by atoms with E-state index < -0.39 is 60.9 Å². The highest BCUT2D eigenvalue weighted by Gasteiger charge is 2.45. The van der Waals surface area contributed by atoms with Gasteiger partial charge in [0.2, 0.25) is 17.7 Å². The topological polar surface area (TPSA) is 281 Å². The van der Waals surface area contributed by atoms with Crippen molar-refractivity contribution in [1.82, 2.24) is 49.9 Å². The van der Waals surface area contributed by atoms with E-state index in [1.54, 1.807) is 41.8 Å². The average molecular weight is 1450 g/mol. The lowest BCUT2D eigenvalue weighted by Gasteiger charge is -2.42. The highest BCUT2D eigenvalue weighted by atomic mass is 35.5. The molecule has 3 atom stereocenters. The summed E-state index contributed by atoms with van der Waals surface area (Å²) in [5, 5.41) is 34.0. The number of β-amino-alcohol motifs (C(OH)–C–C–N with tert-alkyl or cyclic N) is 1. The molecule has 6 N–H and O–H groups in total. The Morgan fingerprint density at radius 1 is 0.882 bits per heavy atom. The van der Waals surface area contributed by atoms with Crippen molar-refractivity contribution in [2.24, 2.45) is 16.7 Å². The Hall–Kier alpha value is -8.30. The highest BCUT2D eigenvalue weighted by Crippen LogP contribution is 2.44. The largest absolute Gasteiger partial charge is 0.455 e. The standard InChI is InChI=1S/C76H94ClN13O10S2/c1-49-69(101-48-82-49)53-13-9-50(10-14-53)44-81-73(94)66-40-59(91)47-89(66)74(95)70(75(2,3)4)83-68(92)8-7-29-85-30-34-87(35-31-85)57-19-11-51(12-20-57)43-79-64-24-22-61(41-65(64)90(96)97)102(98,99)84-72(93)62-23-21-58(39-67(62)100-60-38-54-26-28-78-71(54)80-45-60)88-36-32-86(33-37-88)46-55-25-27-76(5,6)42-63(55)52-15-17-56(77)18-16-52/h9-10,13-18,21-24,26,28,38-39,41,45,48,51,57,59,66,70,79,91H,7-8,11-12,19-20,25,27,29-37,40,42-44,46-47H2,1-6H3,(H,78,80)(H,81,94)(H,83,92)(H,84,93)/t51?,57?,59-,66+,70-/m1/s1. The number of aromatic amines is 1. The zero-order valence-corrected chi connectivity index (χ0v) is 61.4. The van der Waals surface area contributed by atoms with Crippen LogP contribution in [0.25, 0.3) is 27.0 Å². The molecule has 4 fully saturated rings. The first-order valence-electron chi connectivity index (χ1n) is 35.6. The molecule has 2 aliphatic carbocycles. The number of H-pyrrole nitrogens is 1. The van der Waals surface area contributed by atoms with Crippen LogP contribution < -0.4 is 30.3 Å². The number of aromatic nitrogens is 3. The third-order valence-corrected chi connectivity index (χ3v) is 23.5. The third-order valence-electron chi connectivity index (χ3n) is 21.0. The number of ether oxygens (including phenoxy) is 1. The van der Waals surface area contributed by atoms with E-state index in [4.69, 9.17) is 16.3 Å². The Balaban J connectivity index is 0.594. The number of benzene rings is 4. The molecule has 4 aromatic carbocycles. The molecule has 0 unspecified atom stereocenters. The van der Waals surface area contributed by atoms with Gasteiger partial charge in [0, 0.05) is 132 Å². The van der Waals surface area contributed by atoms with E-state index >= 15 is 0 Å². The molecule has 0 spiro atoms. The summed E-state index contributed by atoms with van der Waals surface area (Å²) in [6.07, 6.45) is 10.2. The average Bonchev–Trinajstić information content (AvgIpc) is 0.987. The molecule has 3 aliphatic heterocycles. The van der Waals surface area contributed by atoms with Gasteiger partial charge in [-0.2, -0.15) is 0 Å². The number of nitro benzene ring substituents is 1. The Bertz CT molecular complexity index is 4320. The van der Waals surface area contributed by atoms with Crippen LogP contribution in [0.2, 0.25) is 5.02 Å². The monoisotopic (exact) mass is 1450 g/mol. The number of likely N-dealkylation sites (tertiary alicyclic amines) is 1. The van der Waals surface area contributed by atoms with Crippen LogP contribution in [0, 0.1) is 33.8 Å². The van der Waals surface area contributed by atoms with Crippen molar-refractivity contribution in [3.8, 4) is 21.9 Å². The van der Waals surface area contributed by atoms with Crippen molar-refractivity contribution in [2.75, 3.05) is 88.8 Å². The third kappa shape index (κ3) is 18.0. The van der Waals surface area contributed by atoms with E-state index in [-0.39, 0.29) is 66.1 Å². The molecular weight excluding hydrogens is 1350 g/mol. The van der Waals surface area contributed by atoms with Gasteiger partial charge in [-0.25, -0.2) is 23.1 Å². The van der Waals surface area contributed by atoms with Gasteiger partial charge in [-0.1, -0.05) is 88.2 Å². The van der Waals surface area contributed by atoms with Gasteiger partial charge in [0.05, 0.1) is 43.8 Å². The number of aliphatic hydroxyl groups is 1. The summed E-state index contributed by atoms with van der Waals surface area (Å²) in [6, 6.07) is 27.0. The molecule has 12 rings (SSSR count). The zero-order valence-electron chi connectivity index (χ0n) is 59.0.